The van der Waals surface area contributed by atoms with Gasteiger partial charge in [-0.3, -0.25) is 4.79 Å². The lowest BCUT2D eigenvalue weighted by molar-refractivity contribution is -0.118. The Morgan fingerprint density at radius 2 is 2.24 bits per heavy atom. The van der Waals surface area contributed by atoms with Crippen molar-refractivity contribution in [3.8, 4) is 0 Å². The first kappa shape index (κ1) is 14.4. The first-order chi connectivity index (χ1) is 8.19. The maximum absolute atomic E-state index is 11.2. The molecule has 94 valence electrons. The standard InChI is InChI=1S/C12H17ClN2OS/c1-3-15-7-9-10(13)5-4-6-11(9)17-8-12(16)14-2/h4-6,15H,3,7-8H2,1-2H3,(H,14,16). The molecule has 2 N–H and O–H groups in total. The number of benzene rings is 1. The van der Waals surface area contributed by atoms with Crippen LogP contribution < -0.4 is 10.6 Å². The van der Waals surface area contributed by atoms with Gasteiger partial charge in [0.05, 0.1) is 5.75 Å². The van der Waals surface area contributed by atoms with Crippen LogP contribution in [0.15, 0.2) is 23.1 Å². The largest absolute Gasteiger partial charge is 0.358 e. The van der Waals surface area contributed by atoms with Crippen molar-refractivity contribution < 1.29 is 4.79 Å². The third-order valence-electron chi connectivity index (χ3n) is 2.27. The molecule has 0 heterocycles. The second-order valence-electron chi connectivity index (χ2n) is 3.46. The Labute approximate surface area is 111 Å². The molecule has 17 heavy (non-hydrogen) atoms. The Bertz CT molecular complexity index is 385. The predicted molar refractivity (Wildman–Crippen MR) is 73.6 cm³/mol. The van der Waals surface area contributed by atoms with Crippen molar-refractivity contribution in [3.05, 3.63) is 28.8 Å². The highest BCUT2D eigenvalue weighted by Crippen LogP contribution is 2.28. The third kappa shape index (κ3) is 4.58. The van der Waals surface area contributed by atoms with E-state index >= 15 is 0 Å². The first-order valence-electron chi connectivity index (χ1n) is 5.50. The molecule has 1 aromatic carbocycles. The van der Waals surface area contributed by atoms with Gasteiger partial charge in [-0.2, -0.15) is 0 Å². The van der Waals surface area contributed by atoms with Crippen molar-refractivity contribution in [2.24, 2.45) is 0 Å². The molecule has 0 spiro atoms. The van der Waals surface area contributed by atoms with Crippen LogP contribution in [0.2, 0.25) is 5.02 Å². The molecule has 1 amide bonds. The monoisotopic (exact) mass is 272 g/mol. The van der Waals surface area contributed by atoms with Crippen LogP contribution in [0.3, 0.4) is 0 Å². The minimum Gasteiger partial charge on any atom is -0.358 e. The number of amides is 1. The number of hydrogen-bond acceptors (Lipinski definition) is 3. The molecular formula is C12H17ClN2OS. The summed E-state index contributed by atoms with van der Waals surface area (Å²) >= 11 is 7.67. The number of carbonyl (C=O) groups is 1. The highest BCUT2D eigenvalue weighted by atomic mass is 35.5. The van der Waals surface area contributed by atoms with Gasteiger partial charge in [-0.05, 0) is 24.2 Å². The van der Waals surface area contributed by atoms with E-state index in [0.717, 1.165) is 28.6 Å². The van der Waals surface area contributed by atoms with E-state index in [1.54, 1.807) is 7.05 Å². The van der Waals surface area contributed by atoms with Gasteiger partial charge in [-0.15, -0.1) is 11.8 Å². The van der Waals surface area contributed by atoms with Crippen molar-refractivity contribution in [3.63, 3.8) is 0 Å². The Hall–Kier alpha value is -0.710. The van der Waals surface area contributed by atoms with Gasteiger partial charge in [0, 0.05) is 23.5 Å². The summed E-state index contributed by atoms with van der Waals surface area (Å²) < 4.78 is 0. The molecule has 3 nitrogen and oxygen atoms in total. The van der Waals surface area contributed by atoms with Gasteiger partial charge in [0.1, 0.15) is 0 Å². The number of thioether (sulfide) groups is 1. The predicted octanol–water partition coefficient (Wildman–Crippen LogP) is 2.29. The maximum Gasteiger partial charge on any atom is 0.230 e. The lowest BCUT2D eigenvalue weighted by Crippen LogP contribution is -2.20. The zero-order chi connectivity index (χ0) is 12.7. The molecule has 1 aromatic rings. The fourth-order valence-corrected chi connectivity index (χ4v) is 2.57. The summed E-state index contributed by atoms with van der Waals surface area (Å²) in [6.07, 6.45) is 0. The smallest absolute Gasteiger partial charge is 0.230 e. The highest BCUT2D eigenvalue weighted by Gasteiger charge is 2.08. The van der Waals surface area contributed by atoms with Gasteiger partial charge in [0.25, 0.3) is 0 Å². The molecule has 0 aliphatic heterocycles. The van der Waals surface area contributed by atoms with Crippen LogP contribution in [0.25, 0.3) is 0 Å². The number of rotatable bonds is 6. The molecule has 0 aromatic heterocycles. The van der Waals surface area contributed by atoms with Gasteiger partial charge in [-0.25, -0.2) is 0 Å². The number of hydrogen-bond donors (Lipinski definition) is 2. The van der Waals surface area contributed by atoms with Gasteiger partial charge in [0.2, 0.25) is 5.91 Å². The van der Waals surface area contributed by atoms with E-state index in [1.165, 1.54) is 11.8 Å². The summed E-state index contributed by atoms with van der Waals surface area (Å²) in [6.45, 7) is 3.67. The summed E-state index contributed by atoms with van der Waals surface area (Å²) in [7, 11) is 1.64. The molecule has 5 heteroatoms. The van der Waals surface area contributed by atoms with Gasteiger partial charge < -0.3 is 10.6 Å². The van der Waals surface area contributed by atoms with E-state index in [0.29, 0.717) is 5.75 Å². The Morgan fingerprint density at radius 1 is 1.47 bits per heavy atom. The van der Waals surface area contributed by atoms with Crippen molar-refractivity contribution in [2.75, 3.05) is 19.3 Å². The van der Waals surface area contributed by atoms with E-state index in [2.05, 4.69) is 10.6 Å². The summed E-state index contributed by atoms with van der Waals surface area (Å²) in [4.78, 5) is 12.3. The van der Waals surface area contributed by atoms with Crippen LogP contribution in [0.4, 0.5) is 0 Å². The van der Waals surface area contributed by atoms with Gasteiger partial charge in [0.15, 0.2) is 0 Å². The van der Waals surface area contributed by atoms with Crippen LogP contribution in [0.1, 0.15) is 12.5 Å². The molecule has 0 aliphatic carbocycles. The maximum atomic E-state index is 11.2. The minimum atomic E-state index is 0.0179. The second kappa shape index (κ2) is 7.58. The Kier molecular flexibility index (Phi) is 6.40. The van der Waals surface area contributed by atoms with Crippen LogP contribution in [-0.2, 0) is 11.3 Å². The fourth-order valence-electron chi connectivity index (χ4n) is 1.31. The number of halogens is 1. The van der Waals surface area contributed by atoms with E-state index in [-0.39, 0.29) is 5.91 Å². The minimum absolute atomic E-state index is 0.0179. The quantitative estimate of drug-likeness (QED) is 0.781. The SMILES string of the molecule is CCNCc1c(Cl)cccc1SCC(=O)NC. The van der Waals surface area contributed by atoms with Crippen LogP contribution >= 0.6 is 23.4 Å². The third-order valence-corrected chi connectivity index (χ3v) is 3.72. The summed E-state index contributed by atoms with van der Waals surface area (Å²) in [5.41, 5.74) is 1.06. The molecule has 0 fully saturated rings. The molecule has 0 aliphatic rings. The Morgan fingerprint density at radius 3 is 2.88 bits per heavy atom. The summed E-state index contributed by atoms with van der Waals surface area (Å²) in [6, 6.07) is 5.77. The number of nitrogens with one attached hydrogen (secondary N) is 2. The van der Waals surface area contributed by atoms with E-state index in [4.69, 9.17) is 11.6 Å². The molecule has 0 unspecified atom stereocenters. The van der Waals surface area contributed by atoms with Crippen LogP contribution in [0.5, 0.6) is 0 Å². The van der Waals surface area contributed by atoms with Gasteiger partial charge in [-0.1, -0.05) is 24.6 Å². The second-order valence-corrected chi connectivity index (χ2v) is 4.88. The molecule has 0 saturated heterocycles. The van der Waals surface area contributed by atoms with E-state index in [9.17, 15) is 4.79 Å². The summed E-state index contributed by atoms with van der Waals surface area (Å²) in [5, 5.41) is 6.60. The average Bonchev–Trinajstić information content (AvgIpc) is 2.34. The van der Waals surface area contributed by atoms with Gasteiger partial charge >= 0.3 is 0 Å². The van der Waals surface area contributed by atoms with E-state index in [1.807, 2.05) is 25.1 Å². The van der Waals surface area contributed by atoms with Crippen LogP contribution in [0, 0.1) is 0 Å². The van der Waals surface area contributed by atoms with Crippen molar-refractivity contribution >= 4 is 29.3 Å². The Balaban J connectivity index is 2.75. The highest BCUT2D eigenvalue weighted by molar-refractivity contribution is 8.00. The van der Waals surface area contributed by atoms with E-state index < -0.39 is 0 Å². The molecule has 0 saturated carbocycles. The average molecular weight is 273 g/mol. The normalized spacial score (nSPS) is 10.3. The van der Waals surface area contributed by atoms with Crippen molar-refractivity contribution in [2.45, 2.75) is 18.4 Å². The molecule has 1 rings (SSSR count). The fraction of sp³-hybridized carbons (Fsp3) is 0.417. The lowest BCUT2D eigenvalue weighted by Gasteiger charge is -2.11. The zero-order valence-corrected chi connectivity index (χ0v) is 11.6. The molecular weight excluding hydrogens is 256 g/mol. The molecule has 0 bridgehead atoms. The topological polar surface area (TPSA) is 41.1 Å². The number of carbonyl (C=O) groups excluding carboxylic acids is 1. The van der Waals surface area contributed by atoms with Crippen molar-refractivity contribution in [1.29, 1.82) is 0 Å². The summed E-state index contributed by atoms with van der Waals surface area (Å²) in [5.74, 6) is 0.431. The zero-order valence-electron chi connectivity index (χ0n) is 10.0. The lowest BCUT2D eigenvalue weighted by atomic mass is 10.2. The van der Waals surface area contributed by atoms with Crippen LogP contribution in [-0.4, -0.2) is 25.3 Å². The van der Waals surface area contributed by atoms with Crippen molar-refractivity contribution in [1.82, 2.24) is 10.6 Å². The molecule has 0 radical (unpaired) electrons. The first-order valence-corrected chi connectivity index (χ1v) is 6.86. The molecule has 0 atom stereocenters.